The predicted octanol–water partition coefficient (Wildman–Crippen LogP) is 13.8. The summed E-state index contributed by atoms with van der Waals surface area (Å²) >= 11 is 0. The number of rotatable bonds is 39. The molecule has 0 aliphatic carbocycles. The van der Waals surface area contributed by atoms with Crippen molar-refractivity contribution in [3.63, 3.8) is 0 Å². The molecule has 0 aromatic carbocycles. The van der Waals surface area contributed by atoms with Crippen molar-refractivity contribution in [2.75, 3.05) is 13.2 Å². The number of esters is 3. The number of ether oxygens (including phenoxy) is 3. The Morgan fingerprint density at radius 1 is 0.373 bits per heavy atom. The van der Waals surface area contributed by atoms with E-state index in [2.05, 4.69) is 34.6 Å². The summed E-state index contributed by atoms with van der Waals surface area (Å²) in [7, 11) is 0. The fourth-order valence-corrected chi connectivity index (χ4v) is 6.58. The van der Waals surface area contributed by atoms with Crippen LogP contribution in [0.25, 0.3) is 0 Å². The van der Waals surface area contributed by atoms with Crippen LogP contribution >= 0.6 is 0 Å². The summed E-state index contributed by atoms with van der Waals surface area (Å²) in [6.45, 7) is 11.3. The maximum Gasteiger partial charge on any atom is 0.306 e. The maximum atomic E-state index is 12.7. The average molecular weight is 723 g/mol. The minimum absolute atomic E-state index is 0.0656. The zero-order valence-corrected chi connectivity index (χ0v) is 34.7. The molecule has 0 saturated heterocycles. The van der Waals surface area contributed by atoms with Crippen molar-refractivity contribution < 1.29 is 28.6 Å². The van der Waals surface area contributed by atoms with E-state index in [0.29, 0.717) is 19.3 Å². The van der Waals surface area contributed by atoms with Gasteiger partial charge in [-0.3, -0.25) is 14.4 Å². The van der Waals surface area contributed by atoms with Gasteiger partial charge in [-0.15, -0.1) is 0 Å². The van der Waals surface area contributed by atoms with Gasteiger partial charge in [-0.05, 0) is 31.1 Å². The molecule has 0 bridgehead atoms. The third-order valence-corrected chi connectivity index (χ3v) is 9.97. The molecule has 0 aliphatic rings. The van der Waals surface area contributed by atoms with Crippen LogP contribution in [0.5, 0.6) is 0 Å². The molecule has 0 saturated carbocycles. The molecular formula is C45H86O6. The molecule has 302 valence electrons. The van der Waals surface area contributed by atoms with E-state index in [1.165, 1.54) is 128 Å². The lowest BCUT2D eigenvalue weighted by molar-refractivity contribution is -0.167. The fraction of sp³-hybridized carbons (Fsp3) is 0.933. The first-order valence-electron chi connectivity index (χ1n) is 22.2. The zero-order valence-electron chi connectivity index (χ0n) is 34.7. The Labute approximate surface area is 317 Å². The number of hydrogen-bond donors (Lipinski definition) is 0. The molecule has 0 aromatic heterocycles. The highest BCUT2D eigenvalue weighted by Gasteiger charge is 2.19. The normalized spacial score (nSPS) is 12.1. The standard InChI is InChI=1S/C45H86O6/c1-6-7-8-9-10-13-20-25-30-35-43(46)49-38-42(39-50-44(47)36-31-26-21-17-16-19-24-29-34-41(4)5)51-45(48)37-32-27-22-15-12-11-14-18-23-28-33-40(2)3/h40-42H,6-39H2,1-5H3/t42-/m0/s1. The summed E-state index contributed by atoms with van der Waals surface area (Å²) in [4.78, 5) is 37.6. The Hall–Kier alpha value is -1.59. The van der Waals surface area contributed by atoms with Crippen LogP contribution in [0.2, 0.25) is 0 Å². The highest BCUT2D eigenvalue weighted by molar-refractivity contribution is 5.71. The van der Waals surface area contributed by atoms with E-state index in [1.807, 2.05) is 0 Å². The number of unbranched alkanes of at least 4 members (excludes halogenated alkanes) is 24. The van der Waals surface area contributed by atoms with Gasteiger partial charge in [0.15, 0.2) is 6.10 Å². The third-order valence-electron chi connectivity index (χ3n) is 9.97. The third kappa shape index (κ3) is 39.5. The molecule has 0 unspecified atom stereocenters. The van der Waals surface area contributed by atoms with Crippen LogP contribution in [-0.2, 0) is 28.6 Å². The van der Waals surface area contributed by atoms with E-state index in [4.69, 9.17) is 14.2 Å². The van der Waals surface area contributed by atoms with Crippen molar-refractivity contribution in [2.24, 2.45) is 11.8 Å². The minimum atomic E-state index is -0.759. The highest BCUT2D eigenvalue weighted by Crippen LogP contribution is 2.16. The van der Waals surface area contributed by atoms with E-state index in [1.54, 1.807) is 0 Å². The van der Waals surface area contributed by atoms with Crippen LogP contribution in [0.15, 0.2) is 0 Å². The largest absolute Gasteiger partial charge is 0.462 e. The van der Waals surface area contributed by atoms with E-state index < -0.39 is 6.10 Å². The molecule has 0 amide bonds. The van der Waals surface area contributed by atoms with Crippen molar-refractivity contribution in [3.8, 4) is 0 Å². The van der Waals surface area contributed by atoms with Gasteiger partial charge in [0.05, 0.1) is 0 Å². The molecule has 0 aliphatic heterocycles. The van der Waals surface area contributed by atoms with Gasteiger partial charge in [0.25, 0.3) is 0 Å². The van der Waals surface area contributed by atoms with Gasteiger partial charge in [0.2, 0.25) is 0 Å². The second-order valence-electron chi connectivity index (χ2n) is 16.3. The molecule has 6 heteroatoms. The summed E-state index contributed by atoms with van der Waals surface area (Å²) in [6.07, 6.45) is 35.2. The van der Waals surface area contributed by atoms with Crippen molar-refractivity contribution >= 4 is 17.9 Å². The van der Waals surface area contributed by atoms with Gasteiger partial charge < -0.3 is 14.2 Å². The first kappa shape index (κ1) is 49.4. The van der Waals surface area contributed by atoms with Gasteiger partial charge >= 0.3 is 17.9 Å². The van der Waals surface area contributed by atoms with Crippen LogP contribution in [0.1, 0.15) is 240 Å². The molecule has 0 aromatic rings. The quantitative estimate of drug-likeness (QED) is 0.0357. The summed E-state index contributed by atoms with van der Waals surface area (Å²) in [5.41, 5.74) is 0. The lowest BCUT2D eigenvalue weighted by Crippen LogP contribution is -2.30. The predicted molar refractivity (Wildman–Crippen MR) is 215 cm³/mol. The Kier molecular flexibility index (Phi) is 37.0. The van der Waals surface area contributed by atoms with Gasteiger partial charge in [-0.2, -0.15) is 0 Å². The Morgan fingerprint density at radius 2 is 0.647 bits per heavy atom. The summed E-state index contributed by atoms with van der Waals surface area (Å²) in [6, 6.07) is 0. The summed E-state index contributed by atoms with van der Waals surface area (Å²) < 4.78 is 16.7. The SMILES string of the molecule is CCCCCCCCCCCC(=O)OC[C@@H](COC(=O)CCCCCCCCCCC(C)C)OC(=O)CCCCCCCCCCCCC(C)C. The van der Waals surface area contributed by atoms with Gasteiger partial charge in [0, 0.05) is 19.3 Å². The maximum absolute atomic E-state index is 12.7. The summed E-state index contributed by atoms with van der Waals surface area (Å²) in [5, 5.41) is 0. The molecule has 6 nitrogen and oxygen atoms in total. The lowest BCUT2D eigenvalue weighted by Gasteiger charge is -2.18. The molecule has 1 atom stereocenters. The first-order valence-corrected chi connectivity index (χ1v) is 22.2. The highest BCUT2D eigenvalue weighted by atomic mass is 16.6. The van der Waals surface area contributed by atoms with Crippen molar-refractivity contribution in [1.82, 2.24) is 0 Å². The zero-order chi connectivity index (χ0) is 37.6. The molecule has 0 spiro atoms. The topological polar surface area (TPSA) is 78.9 Å². The number of carbonyl (C=O) groups excluding carboxylic acids is 3. The molecule has 0 rings (SSSR count). The van der Waals surface area contributed by atoms with Crippen LogP contribution < -0.4 is 0 Å². The smallest absolute Gasteiger partial charge is 0.306 e. The molecule has 0 radical (unpaired) electrons. The van der Waals surface area contributed by atoms with Gasteiger partial charge in [-0.1, -0.05) is 202 Å². The Balaban J connectivity index is 4.33. The monoisotopic (exact) mass is 723 g/mol. The second kappa shape index (κ2) is 38.1. The van der Waals surface area contributed by atoms with E-state index >= 15 is 0 Å². The summed E-state index contributed by atoms with van der Waals surface area (Å²) in [5.74, 6) is 0.750. The Bertz CT molecular complexity index is 779. The van der Waals surface area contributed by atoms with Crippen molar-refractivity contribution in [2.45, 2.75) is 246 Å². The molecular weight excluding hydrogens is 636 g/mol. The van der Waals surface area contributed by atoms with Crippen LogP contribution in [0.4, 0.5) is 0 Å². The lowest BCUT2D eigenvalue weighted by atomic mass is 10.0. The van der Waals surface area contributed by atoms with Crippen LogP contribution in [0, 0.1) is 11.8 Å². The second-order valence-corrected chi connectivity index (χ2v) is 16.3. The van der Waals surface area contributed by atoms with E-state index in [-0.39, 0.29) is 31.1 Å². The Morgan fingerprint density at radius 3 is 0.961 bits per heavy atom. The van der Waals surface area contributed by atoms with Gasteiger partial charge in [-0.25, -0.2) is 0 Å². The molecule has 51 heavy (non-hydrogen) atoms. The average Bonchev–Trinajstić information content (AvgIpc) is 3.09. The van der Waals surface area contributed by atoms with Crippen molar-refractivity contribution in [1.29, 1.82) is 0 Å². The minimum Gasteiger partial charge on any atom is -0.462 e. The van der Waals surface area contributed by atoms with E-state index in [0.717, 1.165) is 69.6 Å². The molecule has 0 N–H and O–H groups in total. The van der Waals surface area contributed by atoms with Gasteiger partial charge in [0.1, 0.15) is 13.2 Å². The number of hydrogen-bond acceptors (Lipinski definition) is 6. The first-order chi connectivity index (χ1) is 24.7. The van der Waals surface area contributed by atoms with Crippen molar-refractivity contribution in [3.05, 3.63) is 0 Å². The number of carbonyl (C=O) groups is 3. The molecule has 0 heterocycles. The fourth-order valence-electron chi connectivity index (χ4n) is 6.58. The van der Waals surface area contributed by atoms with E-state index in [9.17, 15) is 14.4 Å². The molecule has 0 fully saturated rings. The van der Waals surface area contributed by atoms with Crippen LogP contribution in [-0.4, -0.2) is 37.2 Å². The van der Waals surface area contributed by atoms with Crippen LogP contribution in [0.3, 0.4) is 0 Å².